The van der Waals surface area contributed by atoms with Gasteiger partial charge in [-0.1, -0.05) is 24.3 Å². The lowest BCUT2D eigenvalue weighted by Gasteiger charge is -2.04. The Kier molecular flexibility index (Phi) is 3.84. The first-order valence-corrected chi connectivity index (χ1v) is 7.99. The van der Waals surface area contributed by atoms with Crippen molar-refractivity contribution < 1.29 is 8.42 Å². The first kappa shape index (κ1) is 14.2. The van der Waals surface area contributed by atoms with Crippen molar-refractivity contribution in [3.05, 3.63) is 66.7 Å². The maximum absolute atomic E-state index is 12.2. The Hall–Kier alpha value is -2.74. The number of sulfonamides is 1. The number of nitrogens with zero attached hydrogens (tertiary/aromatic N) is 4. The summed E-state index contributed by atoms with van der Waals surface area (Å²) < 4.78 is 28.2. The summed E-state index contributed by atoms with van der Waals surface area (Å²) in [6.07, 6.45) is 3.14. The number of hydrogen-bond donors (Lipinski definition) is 1. The molecule has 2 aromatic heterocycles. The summed E-state index contributed by atoms with van der Waals surface area (Å²) >= 11 is 0. The Bertz CT molecular complexity index is 847. The highest BCUT2D eigenvalue weighted by Crippen LogP contribution is 2.12. The summed E-state index contributed by atoms with van der Waals surface area (Å²) in [5.74, 6) is 0.0276. The number of pyridine rings is 1. The van der Waals surface area contributed by atoms with E-state index < -0.39 is 10.0 Å². The van der Waals surface area contributed by atoms with Gasteiger partial charge in [-0.25, -0.2) is 17.8 Å². The predicted octanol–water partition coefficient (Wildman–Crippen LogP) is 1.52. The second-order valence-electron chi connectivity index (χ2n) is 4.51. The van der Waals surface area contributed by atoms with Gasteiger partial charge in [0.05, 0.1) is 17.1 Å². The molecule has 0 radical (unpaired) electrons. The summed E-state index contributed by atoms with van der Waals surface area (Å²) in [7, 11) is -3.68. The number of rotatable bonds is 5. The smallest absolute Gasteiger partial charge is 0.259 e. The van der Waals surface area contributed by atoms with Gasteiger partial charge in [0.15, 0.2) is 0 Å². The lowest BCUT2D eigenvalue weighted by Crippen LogP contribution is -2.14. The predicted molar refractivity (Wildman–Crippen MR) is 80.6 cm³/mol. The fraction of sp³-hybridized carbons (Fsp3) is 0.0714. The summed E-state index contributed by atoms with van der Waals surface area (Å²) in [5, 5.41) is 4.09. The number of aromatic nitrogens is 4. The highest BCUT2D eigenvalue weighted by molar-refractivity contribution is 7.92. The van der Waals surface area contributed by atoms with Crippen molar-refractivity contribution in [3.63, 3.8) is 0 Å². The third-order valence-corrected chi connectivity index (χ3v) is 4.21. The molecule has 22 heavy (non-hydrogen) atoms. The van der Waals surface area contributed by atoms with Gasteiger partial charge in [-0.3, -0.25) is 4.98 Å². The fourth-order valence-corrected chi connectivity index (χ4v) is 2.82. The number of hydrogen-bond acceptors (Lipinski definition) is 5. The van der Waals surface area contributed by atoms with Crippen LogP contribution in [0.1, 0.15) is 5.69 Å². The Morgan fingerprint density at radius 2 is 1.77 bits per heavy atom. The Labute approximate surface area is 127 Å². The van der Waals surface area contributed by atoms with Crippen molar-refractivity contribution in [2.24, 2.45) is 0 Å². The largest absolute Gasteiger partial charge is 0.264 e. The molecule has 0 spiro atoms. The first-order chi connectivity index (χ1) is 10.6. The molecule has 0 aliphatic rings. The third-order valence-electron chi connectivity index (χ3n) is 2.87. The normalized spacial score (nSPS) is 11.3. The maximum Gasteiger partial charge on any atom is 0.264 e. The molecule has 0 fully saturated rings. The van der Waals surface area contributed by atoms with Gasteiger partial charge in [-0.05, 0) is 24.3 Å². The minimum atomic E-state index is -3.68. The van der Waals surface area contributed by atoms with Crippen LogP contribution in [0.4, 0.5) is 5.95 Å². The SMILES string of the molecule is O=S(=O)(Nc1ncn(Cc2ccccn2)n1)c1ccccc1. The lowest BCUT2D eigenvalue weighted by atomic mass is 10.3. The van der Waals surface area contributed by atoms with E-state index in [1.807, 2.05) is 18.2 Å². The van der Waals surface area contributed by atoms with Crippen LogP contribution in [0, 0.1) is 0 Å². The van der Waals surface area contributed by atoms with E-state index >= 15 is 0 Å². The molecule has 0 aliphatic carbocycles. The average molecular weight is 315 g/mol. The molecule has 8 heteroatoms. The van der Waals surface area contributed by atoms with E-state index in [9.17, 15) is 8.42 Å². The van der Waals surface area contributed by atoms with Crippen LogP contribution < -0.4 is 4.72 Å². The molecule has 0 atom stereocenters. The molecule has 2 heterocycles. The van der Waals surface area contributed by atoms with Crippen LogP contribution in [0.2, 0.25) is 0 Å². The molecule has 1 N–H and O–H groups in total. The van der Waals surface area contributed by atoms with E-state index in [-0.39, 0.29) is 10.8 Å². The zero-order chi connectivity index (χ0) is 15.4. The van der Waals surface area contributed by atoms with Crippen LogP contribution in [-0.4, -0.2) is 28.2 Å². The summed E-state index contributed by atoms with van der Waals surface area (Å²) in [6.45, 7) is 0.418. The average Bonchev–Trinajstić information content (AvgIpc) is 2.95. The molecular weight excluding hydrogens is 302 g/mol. The number of nitrogens with one attached hydrogen (secondary N) is 1. The van der Waals surface area contributed by atoms with E-state index in [0.717, 1.165) is 5.69 Å². The van der Waals surface area contributed by atoms with Gasteiger partial charge in [0.1, 0.15) is 6.33 Å². The molecule has 7 nitrogen and oxygen atoms in total. The highest BCUT2D eigenvalue weighted by atomic mass is 32.2. The molecule has 3 aromatic rings. The van der Waals surface area contributed by atoms with Crippen molar-refractivity contribution in [1.82, 2.24) is 19.7 Å². The standard InChI is InChI=1S/C14H13N5O2S/c20-22(21,13-7-2-1-3-8-13)18-14-16-11-19(17-14)10-12-6-4-5-9-15-12/h1-9,11H,10H2,(H,17,18). The zero-order valence-electron chi connectivity index (χ0n) is 11.5. The molecule has 0 saturated carbocycles. The minimum Gasteiger partial charge on any atom is -0.259 e. The summed E-state index contributed by atoms with van der Waals surface area (Å²) in [6, 6.07) is 13.6. The van der Waals surface area contributed by atoms with Crippen LogP contribution in [-0.2, 0) is 16.6 Å². The number of anilines is 1. The van der Waals surface area contributed by atoms with Gasteiger partial charge in [0, 0.05) is 6.20 Å². The fourth-order valence-electron chi connectivity index (χ4n) is 1.85. The maximum atomic E-state index is 12.2. The van der Waals surface area contributed by atoms with Crippen molar-refractivity contribution in [3.8, 4) is 0 Å². The van der Waals surface area contributed by atoms with E-state index in [4.69, 9.17) is 0 Å². The van der Waals surface area contributed by atoms with E-state index in [1.54, 1.807) is 24.4 Å². The van der Waals surface area contributed by atoms with Crippen molar-refractivity contribution >= 4 is 16.0 Å². The van der Waals surface area contributed by atoms with Crippen LogP contribution in [0.25, 0.3) is 0 Å². The lowest BCUT2D eigenvalue weighted by molar-refractivity contribution is 0.600. The molecule has 1 aromatic carbocycles. The molecule has 0 saturated heterocycles. The molecule has 0 amide bonds. The summed E-state index contributed by atoms with van der Waals surface area (Å²) in [5.41, 5.74) is 0.810. The van der Waals surface area contributed by atoms with Crippen molar-refractivity contribution in [1.29, 1.82) is 0 Å². The van der Waals surface area contributed by atoms with E-state index in [1.165, 1.54) is 23.1 Å². The Balaban J connectivity index is 1.75. The Morgan fingerprint density at radius 1 is 1.00 bits per heavy atom. The van der Waals surface area contributed by atoms with Crippen molar-refractivity contribution in [2.75, 3.05) is 4.72 Å². The van der Waals surface area contributed by atoms with Crippen LogP contribution in [0.15, 0.2) is 66.0 Å². The van der Waals surface area contributed by atoms with Gasteiger partial charge in [-0.15, -0.1) is 5.10 Å². The highest BCUT2D eigenvalue weighted by Gasteiger charge is 2.15. The molecule has 112 valence electrons. The van der Waals surface area contributed by atoms with Gasteiger partial charge in [0.2, 0.25) is 0 Å². The van der Waals surface area contributed by atoms with Gasteiger partial charge >= 0.3 is 0 Å². The Morgan fingerprint density at radius 3 is 2.50 bits per heavy atom. The van der Waals surface area contributed by atoms with Crippen LogP contribution in [0.5, 0.6) is 0 Å². The van der Waals surface area contributed by atoms with Gasteiger partial charge < -0.3 is 0 Å². The second-order valence-corrected chi connectivity index (χ2v) is 6.19. The second kappa shape index (κ2) is 5.94. The van der Waals surface area contributed by atoms with Gasteiger partial charge in [0.25, 0.3) is 16.0 Å². The van der Waals surface area contributed by atoms with Crippen LogP contribution >= 0.6 is 0 Å². The first-order valence-electron chi connectivity index (χ1n) is 6.51. The minimum absolute atomic E-state index is 0.0276. The quantitative estimate of drug-likeness (QED) is 0.771. The third kappa shape index (κ3) is 3.29. The van der Waals surface area contributed by atoms with Crippen LogP contribution in [0.3, 0.4) is 0 Å². The molecular formula is C14H13N5O2S. The molecule has 0 unspecified atom stereocenters. The van der Waals surface area contributed by atoms with Crippen molar-refractivity contribution in [2.45, 2.75) is 11.4 Å². The molecule has 0 aliphatic heterocycles. The molecule has 3 rings (SSSR count). The monoisotopic (exact) mass is 315 g/mol. The topological polar surface area (TPSA) is 89.8 Å². The molecule has 0 bridgehead atoms. The number of benzene rings is 1. The zero-order valence-corrected chi connectivity index (χ0v) is 12.3. The van der Waals surface area contributed by atoms with E-state index in [2.05, 4.69) is 19.8 Å². The summed E-state index contributed by atoms with van der Waals surface area (Å²) in [4.78, 5) is 8.30. The van der Waals surface area contributed by atoms with Gasteiger partial charge in [-0.2, -0.15) is 4.98 Å². The van der Waals surface area contributed by atoms with E-state index in [0.29, 0.717) is 6.54 Å².